The maximum atomic E-state index is 11.9. The summed E-state index contributed by atoms with van der Waals surface area (Å²) in [6.45, 7) is 2.04. The smallest absolute Gasteiger partial charge is 0.475 e. The van der Waals surface area contributed by atoms with Gasteiger partial charge in [-0.3, -0.25) is 9.69 Å². The molecule has 1 saturated carbocycles. The van der Waals surface area contributed by atoms with E-state index in [0.717, 1.165) is 18.7 Å². The van der Waals surface area contributed by atoms with Gasteiger partial charge in [0.1, 0.15) is 5.82 Å². The number of carboxylic acids is 2. The normalized spacial score (nSPS) is 13.1. The number of aromatic nitrogens is 2. The van der Waals surface area contributed by atoms with Gasteiger partial charge in [-0.05, 0) is 30.0 Å². The van der Waals surface area contributed by atoms with Gasteiger partial charge in [0, 0.05) is 37.3 Å². The van der Waals surface area contributed by atoms with Crippen molar-refractivity contribution in [2.75, 3.05) is 6.54 Å². The minimum Gasteiger partial charge on any atom is -0.475 e. The highest BCUT2D eigenvalue weighted by Crippen LogP contribution is 2.29. The Bertz CT molecular complexity index is 1410. The minimum absolute atomic E-state index is 0.175. The van der Waals surface area contributed by atoms with Crippen LogP contribution in [0.4, 0.5) is 26.3 Å². The van der Waals surface area contributed by atoms with E-state index in [1.54, 1.807) is 0 Å². The maximum absolute atomic E-state index is 11.9. The van der Waals surface area contributed by atoms with Crippen molar-refractivity contribution in [3.05, 3.63) is 93.9 Å². The molecule has 1 aliphatic carbocycles. The summed E-state index contributed by atoms with van der Waals surface area (Å²) in [4.78, 5) is 39.5. The van der Waals surface area contributed by atoms with Crippen LogP contribution in [0.2, 0.25) is 0 Å². The van der Waals surface area contributed by atoms with E-state index in [9.17, 15) is 31.1 Å². The summed E-state index contributed by atoms with van der Waals surface area (Å²) in [5, 5.41) is 14.2. The van der Waals surface area contributed by atoms with Gasteiger partial charge in [-0.2, -0.15) is 26.3 Å². The molecule has 43 heavy (non-hydrogen) atoms. The average Bonchev–Trinajstić information content (AvgIpc) is 3.78. The first-order chi connectivity index (χ1) is 20.1. The summed E-state index contributed by atoms with van der Waals surface area (Å²) in [6.07, 6.45) is -3.24. The van der Waals surface area contributed by atoms with Crippen molar-refractivity contribution in [1.29, 1.82) is 0 Å². The third-order valence-corrected chi connectivity index (χ3v) is 5.59. The Kier molecular flexibility index (Phi) is 12.6. The molecule has 0 atom stereocenters. The molecule has 0 unspecified atom stereocenters. The molecule has 0 saturated heterocycles. The number of nitrogens with zero attached hydrogens (tertiary/aromatic N) is 2. The predicted molar refractivity (Wildman–Crippen MR) is 144 cm³/mol. The fourth-order valence-electron chi connectivity index (χ4n) is 3.47. The lowest BCUT2D eigenvalue weighted by molar-refractivity contribution is -0.193. The van der Waals surface area contributed by atoms with Crippen LogP contribution < -0.4 is 11.3 Å². The summed E-state index contributed by atoms with van der Waals surface area (Å²) >= 11 is 0. The second-order valence-corrected chi connectivity index (χ2v) is 9.07. The molecule has 0 spiro atoms. The van der Waals surface area contributed by atoms with Gasteiger partial charge in [0.15, 0.2) is 0 Å². The van der Waals surface area contributed by atoms with Crippen molar-refractivity contribution in [2.45, 2.75) is 44.3 Å². The van der Waals surface area contributed by atoms with Crippen LogP contribution in [-0.4, -0.2) is 62.0 Å². The van der Waals surface area contributed by atoms with Crippen molar-refractivity contribution in [1.82, 2.24) is 14.9 Å². The van der Waals surface area contributed by atoms with E-state index in [1.807, 2.05) is 18.2 Å². The van der Waals surface area contributed by atoms with Crippen LogP contribution >= 0.6 is 0 Å². The molecular weight excluding hydrogens is 586 g/mol. The highest BCUT2D eigenvalue weighted by Gasteiger charge is 2.38. The van der Waals surface area contributed by atoms with Gasteiger partial charge < -0.3 is 20.9 Å². The van der Waals surface area contributed by atoms with E-state index in [-0.39, 0.29) is 12.1 Å². The zero-order valence-corrected chi connectivity index (χ0v) is 22.4. The Morgan fingerprint density at radius 3 is 2.05 bits per heavy atom. The minimum atomic E-state index is -5.08. The largest absolute Gasteiger partial charge is 0.490 e. The number of H-pyrrole nitrogens is 1. The molecular formula is C28H28F6N4O5. The monoisotopic (exact) mass is 614 g/mol. The van der Waals surface area contributed by atoms with Gasteiger partial charge >= 0.3 is 24.3 Å². The number of carboxylic acid groups (broad SMARTS) is 2. The van der Waals surface area contributed by atoms with E-state index >= 15 is 0 Å². The molecule has 0 bridgehead atoms. The number of halogens is 6. The second-order valence-electron chi connectivity index (χ2n) is 9.07. The Morgan fingerprint density at radius 2 is 1.53 bits per heavy atom. The molecule has 0 aliphatic heterocycles. The van der Waals surface area contributed by atoms with Crippen molar-refractivity contribution in [2.24, 2.45) is 5.73 Å². The predicted octanol–water partition coefficient (Wildman–Crippen LogP) is 4.84. The fraction of sp³-hybridized carbons (Fsp3) is 0.286. The molecule has 0 amide bonds. The number of nitrogens with one attached hydrogen (secondary N) is 1. The number of alkyl halides is 6. The number of aromatic amines is 1. The van der Waals surface area contributed by atoms with Gasteiger partial charge in [-0.15, -0.1) is 0 Å². The lowest BCUT2D eigenvalue weighted by atomic mass is 10.1. The molecule has 9 nitrogen and oxygen atoms in total. The number of nitrogens with two attached hydrogens (primary N) is 1. The van der Waals surface area contributed by atoms with E-state index in [2.05, 4.69) is 63.4 Å². The van der Waals surface area contributed by atoms with Crippen molar-refractivity contribution < 1.29 is 46.1 Å². The molecule has 1 aromatic heterocycles. The lowest BCUT2D eigenvalue weighted by Gasteiger charge is -2.20. The summed E-state index contributed by atoms with van der Waals surface area (Å²) in [5.41, 5.74) is 9.43. The van der Waals surface area contributed by atoms with Gasteiger partial charge in [0.25, 0.3) is 5.56 Å². The van der Waals surface area contributed by atoms with Crippen molar-refractivity contribution >= 4 is 18.0 Å². The number of rotatable bonds is 8. The first kappa shape index (κ1) is 34.7. The van der Waals surface area contributed by atoms with Gasteiger partial charge in [0.2, 0.25) is 0 Å². The molecule has 5 N–H and O–H groups in total. The molecule has 2 aromatic carbocycles. The van der Waals surface area contributed by atoms with E-state index in [0.29, 0.717) is 17.6 Å². The van der Waals surface area contributed by atoms with E-state index in [4.69, 9.17) is 25.5 Å². The Labute approximate surface area is 241 Å². The number of hydrogen-bond acceptors (Lipinski definition) is 6. The number of benzene rings is 2. The van der Waals surface area contributed by atoms with E-state index < -0.39 is 24.3 Å². The topological polar surface area (TPSA) is 150 Å². The van der Waals surface area contributed by atoms with Crippen LogP contribution in [-0.2, 0) is 22.7 Å². The zero-order chi connectivity index (χ0) is 32.2. The van der Waals surface area contributed by atoms with Crippen LogP contribution in [0.15, 0.2) is 71.5 Å². The number of hydrogen-bond donors (Lipinski definition) is 4. The quantitative estimate of drug-likeness (QED) is 0.264. The molecule has 232 valence electrons. The third kappa shape index (κ3) is 12.9. The van der Waals surface area contributed by atoms with Crippen LogP contribution in [0.25, 0.3) is 17.5 Å². The number of aliphatic carboxylic acids is 2. The molecule has 4 rings (SSSR count). The van der Waals surface area contributed by atoms with Gasteiger partial charge in [-0.25, -0.2) is 14.6 Å². The second kappa shape index (κ2) is 15.7. The zero-order valence-electron chi connectivity index (χ0n) is 22.4. The molecule has 1 heterocycles. The SMILES string of the molecule is NCc1cc(=O)[nH]c(-c2cccc(CN(C/C=C/c3ccccc3)C3CC3)c2)n1.O=C(O)C(F)(F)F.O=C(O)C(F)(F)F. The summed E-state index contributed by atoms with van der Waals surface area (Å²) in [5.74, 6) is -4.94. The fourth-order valence-corrected chi connectivity index (χ4v) is 3.47. The molecule has 0 radical (unpaired) electrons. The van der Waals surface area contributed by atoms with Crippen LogP contribution in [0.1, 0.15) is 29.7 Å². The van der Waals surface area contributed by atoms with Crippen LogP contribution in [0.3, 0.4) is 0 Å². The Hall–Kier alpha value is -4.50. The van der Waals surface area contributed by atoms with Crippen LogP contribution in [0, 0.1) is 0 Å². The molecule has 1 aliphatic rings. The summed E-state index contributed by atoms with van der Waals surface area (Å²) in [6, 6.07) is 20.7. The van der Waals surface area contributed by atoms with Gasteiger partial charge in [0.05, 0.1) is 5.69 Å². The molecule has 3 aromatic rings. The standard InChI is InChI=1S/C24H26N4O.2C2HF3O2/c25-16-21-15-23(29)27-24(26-21)20-10-4-8-19(14-20)17-28(22-11-12-22)13-5-9-18-6-2-1-3-7-18;2*3-2(4,5)1(6)7/h1-10,14-15,22H,11-13,16-17,25H2,(H,26,27,29);2*(H,6,7)/b9-5+;;. The van der Waals surface area contributed by atoms with Crippen LogP contribution in [0.5, 0.6) is 0 Å². The van der Waals surface area contributed by atoms with Crippen molar-refractivity contribution in [3.8, 4) is 11.4 Å². The Balaban J connectivity index is 0.000000384. The highest BCUT2D eigenvalue weighted by atomic mass is 19.4. The average molecular weight is 615 g/mol. The lowest BCUT2D eigenvalue weighted by Crippen LogP contribution is -2.25. The summed E-state index contributed by atoms with van der Waals surface area (Å²) < 4.78 is 63.5. The van der Waals surface area contributed by atoms with Gasteiger partial charge in [-0.1, -0.05) is 60.7 Å². The third-order valence-electron chi connectivity index (χ3n) is 5.59. The first-order valence-electron chi connectivity index (χ1n) is 12.6. The van der Waals surface area contributed by atoms with E-state index in [1.165, 1.54) is 30.0 Å². The maximum Gasteiger partial charge on any atom is 0.490 e. The number of carbonyl (C=O) groups is 2. The van der Waals surface area contributed by atoms with Crippen molar-refractivity contribution in [3.63, 3.8) is 0 Å². The molecule has 15 heteroatoms. The summed E-state index contributed by atoms with van der Waals surface area (Å²) in [7, 11) is 0. The first-order valence-corrected chi connectivity index (χ1v) is 12.6. The highest BCUT2D eigenvalue weighted by molar-refractivity contribution is 5.73. The Morgan fingerprint density at radius 1 is 0.953 bits per heavy atom. The molecule has 1 fully saturated rings.